The highest BCUT2D eigenvalue weighted by Gasteiger charge is 2.30. The molecule has 23 heavy (non-hydrogen) atoms. The van der Waals surface area contributed by atoms with Crippen LogP contribution in [0.5, 0.6) is 0 Å². The zero-order chi connectivity index (χ0) is 16.4. The number of rotatable bonds is 5. The van der Waals surface area contributed by atoms with E-state index in [0.29, 0.717) is 24.1 Å². The van der Waals surface area contributed by atoms with E-state index in [1.165, 1.54) is 7.11 Å². The Morgan fingerprint density at radius 3 is 2.87 bits per heavy atom. The Morgan fingerprint density at radius 2 is 2.22 bits per heavy atom. The summed E-state index contributed by atoms with van der Waals surface area (Å²) < 4.78 is 5.92. The third kappa shape index (κ3) is 3.92. The first-order chi connectivity index (χ1) is 11.1. The largest absolute Gasteiger partial charge is 0.464 e. The van der Waals surface area contributed by atoms with Crippen LogP contribution in [0, 0.1) is 3.57 Å². The van der Waals surface area contributed by atoms with E-state index in [9.17, 15) is 4.79 Å². The van der Waals surface area contributed by atoms with Crippen LogP contribution in [0.25, 0.3) is 0 Å². The van der Waals surface area contributed by atoms with Crippen LogP contribution in [0.1, 0.15) is 40.6 Å². The van der Waals surface area contributed by atoms with Crippen LogP contribution in [-0.2, 0) is 11.3 Å². The molecule has 120 valence electrons. The molecule has 0 spiro atoms. The van der Waals surface area contributed by atoms with Gasteiger partial charge >= 0.3 is 5.97 Å². The number of benzene rings is 1. The lowest BCUT2D eigenvalue weighted by Crippen LogP contribution is -2.12. The molecule has 1 aromatic carbocycles. The number of ether oxygens (including phenoxy) is 1. The first-order valence-corrected chi connectivity index (χ1v) is 8.68. The number of aromatic nitrogens is 2. The van der Waals surface area contributed by atoms with Gasteiger partial charge in [0.05, 0.1) is 7.11 Å². The van der Waals surface area contributed by atoms with E-state index in [2.05, 4.69) is 43.9 Å². The van der Waals surface area contributed by atoms with Crippen LogP contribution in [0.15, 0.2) is 24.3 Å². The Labute approximate surface area is 153 Å². The van der Waals surface area contributed by atoms with E-state index >= 15 is 0 Å². The van der Waals surface area contributed by atoms with Gasteiger partial charge < -0.3 is 10.1 Å². The molecular weight excluding hydrogens is 429 g/mol. The van der Waals surface area contributed by atoms with Crippen LogP contribution < -0.4 is 5.32 Å². The van der Waals surface area contributed by atoms with Crippen molar-refractivity contribution in [3.63, 3.8) is 0 Å². The Hall–Kier alpha value is -1.41. The van der Waals surface area contributed by atoms with Crippen molar-refractivity contribution in [2.75, 3.05) is 12.4 Å². The molecule has 1 N–H and O–H groups in total. The molecule has 1 aliphatic rings. The average Bonchev–Trinajstić information content (AvgIpc) is 3.38. The summed E-state index contributed by atoms with van der Waals surface area (Å²) in [5, 5.41) is 3.41. The lowest BCUT2D eigenvalue weighted by Gasteiger charge is -2.12. The summed E-state index contributed by atoms with van der Waals surface area (Å²) in [5.74, 6) is 0.897. The molecule has 1 fully saturated rings. The minimum absolute atomic E-state index is 0.121. The highest BCUT2D eigenvalue weighted by molar-refractivity contribution is 14.1. The Balaban J connectivity index is 1.88. The minimum Gasteiger partial charge on any atom is -0.464 e. The van der Waals surface area contributed by atoms with Crippen LogP contribution in [0.4, 0.5) is 5.82 Å². The topological polar surface area (TPSA) is 64.1 Å². The standard InChI is InChI=1S/C16H15ClIN3O2/c1-23-16(22)13-12(17)15(21-14(20-13)10-5-6-10)19-8-9-3-2-4-11(18)7-9/h2-4,7,10H,5-6,8H2,1H3,(H,19,20,21). The molecule has 0 saturated heterocycles. The van der Waals surface area contributed by atoms with Gasteiger partial charge in [0.25, 0.3) is 0 Å². The normalized spacial score (nSPS) is 13.7. The van der Waals surface area contributed by atoms with E-state index in [0.717, 1.165) is 22.0 Å². The van der Waals surface area contributed by atoms with Crippen molar-refractivity contribution in [3.8, 4) is 0 Å². The maximum atomic E-state index is 11.9. The number of esters is 1. The molecule has 0 amide bonds. The number of hydrogen-bond donors (Lipinski definition) is 1. The van der Waals surface area contributed by atoms with Gasteiger partial charge in [-0.25, -0.2) is 14.8 Å². The summed E-state index contributed by atoms with van der Waals surface area (Å²) >= 11 is 8.55. The molecule has 1 aromatic heterocycles. The fourth-order valence-corrected chi connectivity index (χ4v) is 3.01. The second-order valence-corrected chi connectivity index (χ2v) is 6.97. The van der Waals surface area contributed by atoms with Gasteiger partial charge in [0.15, 0.2) is 5.69 Å². The number of carbonyl (C=O) groups excluding carboxylic acids is 1. The quantitative estimate of drug-likeness (QED) is 0.559. The summed E-state index contributed by atoms with van der Waals surface area (Å²) in [6, 6.07) is 8.12. The predicted molar refractivity (Wildman–Crippen MR) is 96.8 cm³/mol. The minimum atomic E-state index is -0.545. The zero-order valence-corrected chi connectivity index (χ0v) is 15.4. The molecule has 1 aliphatic carbocycles. The second-order valence-electron chi connectivity index (χ2n) is 5.34. The molecule has 5 nitrogen and oxygen atoms in total. The van der Waals surface area contributed by atoms with Crippen LogP contribution in [-0.4, -0.2) is 23.0 Å². The van der Waals surface area contributed by atoms with Gasteiger partial charge in [0, 0.05) is 16.0 Å². The van der Waals surface area contributed by atoms with Gasteiger partial charge in [-0.2, -0.15) is 0 Å². The Kier molecular flexibility index (Phi) is 5.01. The molecule has 2 aromatic rings. The molecule has 7 heteroatoms. The van der Waals surface area contributed by atoms with Crippen molar-refractivity contribution in [2.24, 2.45) is 0 Å². The molecule has 0 atom stereocenters. The van der Waals surface area contributed by atoms with Crippen molar-refractivity contribution < 1.29 is 9.53 Å². The smallest absolute Gasteiger partial charge is 0.358 e. The first kappa shape index (κ1) is 16.4. The van der Waals surface area contributed by atoms with Crippen LogP contribution >= 0.6 is 34.2 Å². The Bertz CT molecular complexity index is 750. The van der Waals surface area contributed by atoms with E-state index < -0.39 is 5.97 Å². The summed E-state index contributed by atoms with van der Waals surface area (Å²) in [7, 11) is 1.32. The molecule has 0 radical (unpaired) electrons. The second kappa shape index (κ2) is 7.00. The van der Waals surface area contributed by atoms with Crippen LogP contribution in [0.2, 0.25) is 5.02 Å². The zero-order valence-electron chi connectivity index (χ0n) is 12.5. The van der Waals surface area contributed by atoms with Gasteiger partial charge in [-0.3, -0.25) is 0 Å². The average molecular weight is 444 g/mol. The first-order valence-electron chi connectivity index (χ1n) is 7.22. The van der Waals surface area contributed by atoms with Gasteiger partial charge in [0.1, 0.15) is 16.7 Å². The highest BCUT2D eigenvalue weighted by atomic mass is 127. The lowest BCUT2D eigenvalue weighted by atomic mass is 10.2. The van der Waals surface area contributed by atoms with E-state index in [-0.39, 0.29) is 10.7 Å². The van der Waals surface area contributed by atoms with Gasteiger partial charge in [-0.1, -0.05) is 23.7 Å². The SMILES string of the molecule is COC(=O)c1nc(C2CC2)nc(NCc2cccc(I)c2)c1Cl. The predicted octanol–water partition coefficient (Wildman–Crippen LogP) is 4.01. The maximum Gasteiger partial charge on any atom is 0.358 e. The van der Waals surface area contributed by atoms with Gasteiger partial charge in [0.2, 0.25) is 0 Å². The highest BCUT2D eigenvalue weighted by Crippen LogP contribution is 2.39. The van der Waals surface area contributed by atoms with Crippen LogP contribution in [0.3, 0.4) is 0 Å². The molecule has 0 unspecified atom stereocenters. The maximum absolute atomic E-state index is 11.9. The molecule has 3 rings (SSSR count). The number of methoxy groups -OCH3 is 1. The summed E-state index contributed by atoms with van der Waals surface area (Å²) in [6.45, 7) is 0.568. The van der Waals surface area contributed by atoms with Crippen molar-refractivity contribution in [3.05, 3.63) is 49.9 Å². The Morgan fingerprint density at radius 1 is 1.43 bits per heavy atom. The van der Waals surface area contributed by atoms with E-state index in [1.807, 2.05) is 18.2 Å². The fourth-order valence-electron chi connectivity index (χ4n) is 2.17. The number of nitrogens with one attached hydrogen (secondary N) is 1. The summed E-state index contributed by atoms with van der Waals surface area (Å²) in [5.41, 5.74) is 1.23. The molecule has 1 saturated carbocycles. The van der Waals surface area contributed by atoms with Gasteiger partial charge in [-0.15, -0.1) is 0 Å². The van der Waals surface area contributed by atoms with Crippen molar-refractivity contribution in [2.45, 2.75) is 25.3 Å². The number of carbonyl (C=O) groups is 1. The van der Waals surface area contributed by atoms with Crippen molar-refractivity contribution in [1.82, 2.24) is 9.97 Å². The van der Waals surface area contributed by atoms with E-state index in [1.54, 1.807) is 0 Å². The molecule has 0 aliphatic heterocycles. The fraction of sp³-hybridized carbons (Fsp3) is 0.312. The lowest BCUT2D eigenvalue weighted by molar-refractivity contribution is 0.0593. The summed E-state index contributed by atoms with van der Waals surface area (Å²) in [6.07, 6.45) is 2.08. The number of halogens is 2. The molecule has 1 heterocycles. The van der Waals surface area contributed by atoms with E-state index in [4.69, 9.17) is 16.3 Å². The molecular formula is C16H15ClIN3O2. The monoisotopic (exact) mass is 443 g/mol. The number of anilines is 1. The summed E-state index contributed by atoms with van der Waals surface area (Å²) in [4.78, 5) is 20.6. The third-order valence-corrected chi connectivity index (χ3v) is 4.57. The number of nitrogens with zero attached hydrogens (tertiary/aromatic N) is 2. The molecule has 0 bridgehead atoms. The third-order valence-electron chi connectivity index (χ3n) is 3.54. The van der Waals surface area contributed by atoms with Gasteiger partial charge in [-0.05, 0) is 53.1 Å². The number of hydrogen-bond acceptors (Lipinski definition) is 5. The van der Waals surface area contributed by atoms with Crippen molar-refractivity contribution >= 4 is 46.0 Å². The van der Waals surface area contributed by atoms with Crippen molar-refractivity contribution in [1.29, 1.82) is 0 Å².